The number of rotatable bonds is 10. The summed E-state index contributed by atoms with van der Waals surface area (Å²) in [7, 11) is 0. The minimum absolute atomic E-state index is 0.315. The van der Waals surface area contributed by atoms with E-state index in [1.54, 1.807) is 0 Å². The molecule has 0 saturated heterocycles. The van der Waals surface area contributed by atoms with Gasteiger partial charge in [0, 0.05) is 12.7 Å². The van der Waals surface area contributed by atoms with Gasteiger partial charge in [-0.05, 0) is 12.3 Å². The van der Waals surface area contributed by atoms with Crippen molar-refractivity contribution < 1.29 is 14.3 Å². The second-order valence-corrected chi connectivity index (χ2v) is 3.86. The summed E-state index contributed by atoms with van der Waals surface area (Å²) in [4.78, 5) is 10.7. The molecular weight excluding hydrogens is 204 g/mol. The third-order valence-corrected chi connectivity index (χ3v) is 2.54. The topological polar surface area (TPSA) is 35.5 Å². The highest BCUT2D eigenvalue weighted by Gasteiger charge is 2.05. The summed E-state index contributed by atoms with van der Waals surface area (Å²) in [5, 5.41) is 0. The highest BCUT2D eigenvalue weighted by molar-refractivity contribution is 5.81. The number of esters is 1. The molecule has 0 saturated carbocycles. The minimum atomic E-state index is -0.387. The zero-order valence-corrected chi connectivity index (χ0v) is 10.5. The number of hydrogen-bond donors (Lipinski definition) is 0. The lowest BCUT2D eigenvalue weighted by Gasteiger charge is -2.14. The number of unbranched alkanes of at least 4 members (excludes halogenated alkanes) is 1. The zero-order valence-electron chi connectivity index (χ0n) is 10.5. The van der Waals surface area contributed by atoms with Crippen molar-refractivity contribution in [3.8, 4) is 0 Å². The molecule has 0 spiro atoms. The number of hydrogen-bond acceptors (Lipinski definition) is 3. The van der Waals surface area contributed by atoms with E-state index in [9.17, 15) is 4.79 Å². The van der Waals surface area contributed by atoms with E-state index in [0.717, 1.165) is 19.1 Å². The molecule has 0 rings (SSSR count). The van der Waals surface area contributed by atoms with Gasteiger partial charge >= 0.3 is 5.97 Å². The summed E-state index contributed by atoms with van der Waals surface area (Å²) in [6.45, 7) is 9.25. The van der Waals surface area contributed by atoms with Crippen LogP contribution in [0.3, 0.4) is 0 Å². The number of carbonyl (C=O) groups is 1. The normalized spacial score (nSPS) is 12.1. The van der Waals surface area contributed by atoms with E-state index in [2.05, 4.69) is 20.4 Å². The Balaban J connectivity index is 3.40. The molecule has 0 heterocycles. The Hall–Kier alpha value is -0.830. The van der Waals surface area contributed by atoms with Gasteiger partial charge in [-0.1, -0.05) is 39.7 Å². The van der Waals surface area contributed by atoms with Crippen LogP contribution in [-0.4, -0.2) is 25.8 Å². The minimum Gasteiger partial charge on any atom is -0.460 e. The van der Waals surface area contributed by atoms with E-state index in [-0.39, 0.29) is 5.97 Å². The Bertz CT molecular complexity index is 190. The molecule has 3 heteroatoms. The van der Waals surface area contributed by atoms with Gasteiger partial charge in [0.05, 0.1) is 6.61 Å². The first-order chi connectivity index (χ1) is 7.74. The van der Waals surface area contributed by atoms with Crippen molar-refractivity contribution in [2.75, 3.05) is 19.8 Å². The van der Waals surface area contributed by atoms with Crippen LogP contribution in [0.2, 0.25) is 0 Å². The van der Waals surface area contributed by atoms with Crippen molar-refractivity contribution in [3.05, 3.63) is 12.7 Å². The van der Waals surface area contributed by atoms with Crippen LogP contribution in [0.15, 0.2) is 12.7 Å². The van der Waals surface area contributed by atoms with Gasteiger partial charge in [0.15, 0.2) is 0 Å². The van der Waals surface area contributed by atoms with Crippen molar-refractivity contribution >= 4 is 5.97 Å². The smallest absolute Gasteiger partial charge is 0.330 e. The van der Waals surface area contributed by atoms with Gasteiger partial charge in [0.1, 0.15) is 6.61 Å². The molecule has 0 bridgehead atoms. The van der Waals surface area contributed by atoms with Crippen molar-refractivity contribution in [1.82, 2.24) is 0 Å². The number of carbonyl (C=O) groups excluding carboxylic acids is 1. The van der Waals surface area contributed by atoms with Crippen molar-refractivity contribution in [3.63, 3.8) is 0 Å². The van der Waals surface area contributed by atoms with E-state index >= 15 is 0 Å². The van der Waals surface area contributed by atoms with Gasteiger partial charge in [-0.15, -0.1) is 0 Å². The molecule has 0 aliphatic heterocycles. The molecule has 0 aliphatic carbocycles. The van der Waals surface area contributed by atoms with Crippen LogP contribution in [-0.2, 0) is 14.3 Å². The van der Waals surface area contributed by atoms with Crippen molar-refractivity contribution in [2.45, 2.75) is 39.5 Å². The van der Waals surface area contributed by atoms with Gasteiger partial charge < -0.3 is 9.47 Å². The van der Waals surface area contributed by atoms with Gasteiger partial charge in [-0.3, -0.25) is 0 Å². The molecule has 0 amide bonds. The largest absolute Gasteiger partial charge is 0.460 e. The van der Waals surface area contributed by atoms with Crippen molar-refractivity contribution in [1.29, 1.82) is 0 Å². The summed E-state index contributed by atoms with van der Waals surface area (Å²) < 4.78 is 10.3. The SMILES string of the molecule is C=CC(=O)OCCOCC(CC)CCCC. The summed E-state index contributed by atoms with van der Waals surface area (Å²) in [6, 6.07) is 0. The Morgan fingerprint density at radius 2 is 2.12 bits per heavy atom. The average molecular weight is 228 g/mol. The molecule has 0 N–H and O–H groups in total. The Morgan fingerprint density at radius 1 is 1.38 bits per heavy atom. The zero-order chi connectivity index (χ0) is 12.2. The highest BCUT2D eigenvalue weighted by Crippen LogP contribution is 2.12. The fourth-order valence-corrected chi connectivity index (χ4v) is 1.41. The Kier molecular flexibility index (Phi) is 10.1. The van der Waals surface area contributed by atoms with E-state index in [4.69, 9.17) is 9.47 Å². The Labute approximate surface area is 98.8 Å². The van der Waals surface area contributed by atoms with Crippen LogP contribution in [0, 0.1) is 5.92 Å². The fourth-order valence-electron chi connectivity index (χ4n) is 1.41. The lowest BCUT2D eigenvalue weighted by Crippen LogP contribution is -2.13. The molecule has 0 aromatic carbocycles. The molecule has 0 aromatic rings. The van der Waals surface area contributed by atoms with Crippen LogP contribution in [0.25, 0.3) is 0 Å². The molecule has 0 aromatic heterocycles. The second-order valence-electron chi connectivity index (χ2n) is 3.86. The van der Waals surface area contributed by atoms with Crippen LogP contribution in [0.1, 0.15) is 39.5 Å². The average Bonchev–Trinajstić information content (AvgIpc) is 2.32. The summed E-state index contributed by atoms with van der Waals surface area (Å²) in [5.74, 6) is 0.247. The van der Waals surface area contributed by atoms with E-state index in [1.807, 2.05) is 0 Å². The maximum atomic E-state index is 10.7. The molecule has 0 aliphatic rings. The first-order valence-corrected chi connectivity index (χ1v) is 6.11. The summed E-state index contributed by atoms with van der Waals surface area (Å²) in [6.07, 6.45) is 6.02. The van der Waals surface area contributed by atoms with Crippen LogP contribution in [0.4, 0.5) is 0 Å². The predicted octanol–water partition coefficient (Wildman–Crippen LogP) is 2.95. The lowest BCUT2D eigenvalue weighted by atomic mass is 10.0. The standard InChI is InChI=1S/C13H24O3/c1-4-7-8-12(5-2)11-15-9-10-16-13(14)6-3/h6,12H,3-5,7-11H2,1-2H3. The predicted molar refractivity (Wildman–Crippen MR) is 65.3 cm³/mol. The van der Waals surface area contributed by atoms with E-state index < -0.39 is 0 Å². The third-order valence-electron chi connectivity index (χ3n) is 2.54. The molecular formula is C13H24O3. The van der Waals surface area contributed by atoms with E-state index in [0.29, 0.717) is 19.1 Å². The quantitative estimate of drug-likeness (QED) is 0.327. The molecule has 3 nitrogen and oxygen atoms in total. The summed E-state index contributed by atoms with van der Waals surface area (Å²) >= 11 is 0. The first kappa shape index (κ1) is 15.2. The maximum Gasteiger partial charge on any atom is 0.330 e. The Morgan fingerprint density at radius 3 is 2.69 bits per heavy atom. The number of ether oxygens (including phenoxy) is 2. The van der Waals surface area contributed by atoms with Crippen LogP contribution in [0.5, 0.6) is 0 Å². The van der Waals surface area contributed by atoms with Gasteiger partial charge in [0.25, 0.3) is 0 Å². The van der Waals surface area contributed by atoms with E-state index in [1.165, 1.54) is 19.3 Å². The fraction of sp³-hybridized carbons (Fsp3) is 0.769. The monoisotopic (exact) mass is 228 g/mol. The molecule has 0 fully saturated rings. The first-order valence-electron chi connectivity index (χ1n) is 6.11. The summed E-state index contributed by atoms with van der Waals surface area (Å²) in [5.41, 5.74) is 0. The van der Waals surface area contributed by atoms with Gasteiger partial charge in [0.2, 0.25) is 0 Å². The van der Waals surface area contributed by atoms with Crippen LogP contribution >= 0.6 is 0 Å². The molecule has 1 unspecified atom stereocenters. The highest BCUT2D eigenvalue weighted by atomic mass is 16.6. The van der Waals surface area contributed by atoms with Crippen LogP contribution < -0.4 is 0 Å². The molecule has 1 atom stereocenters. The van der Waals surface area contributed by atoms with Gasteiger partial charge in [-0.2, -0.15) is 0 Å². The molecule has 0 radical (unpaired) electrons. The second kappa shape index (κ2) is 10.7. The molecule has 16 heavy (non-hydrogen) atoms. The maximum absolute atomic E-state index is 10.7. The lowest BCUT2D eigenvalue weighted by molar-refractivity contribution is -0.139. The molecule has 94 valence electrons. The third kappa shape index (κ3) is 8.48. The van der Waals surface area contributed by atoms with Gasteiger partial charge in [-0.25, -0.2) is 4.79 Å². The van der Waals surface area contributed by atoms with Crippen molar-refractivity contribution in [2.24, 2.45) is 5.92 Å².